The predicted molar refractivity (Wildman–Crippen MR) is 52.5 cm³/mol. The molecule has 0 unspecified atom stereocenters. The quantitative estimate of drug-likeness (QED) is 0.425. The lowest BCUT2D eigenvalue weighted by Crippen LogP contribution is -2.07. The van der Waals surface area contributed by atoms with Crippen molar-refractivity contribution in [2.75, 3.05) is 0 Å². The van der Waals surface area contributed by atoms with Crippen molar-refractivity contribution in [3.05, 3.63) is 36.5 Å². The summed E-state index contributed by atoms with van der Waals surface area (Å²) in [7, 11) is 0. The highest BCUT2D eigenvalue weighted by Gasteiger charge is 2.12. The lowest BCUT2D eigenvalue weighted by Gasteiger charge is -2.19. The third-order valence-corrected chi connectivity index (χ3v) is 1.92. The molecular formula is C11H18. The molecule has 0 radical (unpaired) electrons. The molecule has 0 heterocycles. The van der Waals surface area contributed by atoms with Crippen LogP contribution < -0.4 is 0 Å². The van der Waals surface area contributed by atoms with E-state index in [1.54, 1.807) is 0 Å². The van der Waals surface area contributed by atoms with Crippen LogP contribution in [0.5, 0.6) is 0 Å². The van der Waals surface area contributed by atoms with Gasteiger partial charge < -0.3 is 0 Å². The highest BCUT2D eigenvalue weighted by Crippen LogP contribution is 2.25. The van der Waals surface area contributed by atoms with Gasteiger partial charge >= 0.3 is 0 Å². The first-order chi connectivity index (χ1) is 5.00. The molecule has 0 aromatic heterocycles. The molecule has 0 spiro atoms. The molecule has 0 atom stereocenters. The van der Waals surface area contributed by atoms with Crippen LogP contribution in [0.4, 0.5) is 0 Å². The summed E-state index contributed by atoms with van der Waals surface area (Å²) in [5.74, 6) is 0. The van der Waals surface area contributed by atoms with Gasteiger partial charge in [0.05, 0.1) is 0 Å². The van der Waals surface area contributed by atoms with E-state index < -0.39 is 0 Å². The van der Waals surface area contributed by atoms with E-state index in [9.17, 15) is 0 Å². The van der Waals surface area contributed by atoms with Gasteiger partial charge in [0, 0.05) is 5.41 Å². The molecule has 0 aliphatic rings. The normalized spacial score (nSPS) is 13.1. The monoisotopic (exact) mass is 150 g/mol. The fourth-order valence-corrected chi connectivity index (χ4v) is 0.549. The van der Waals surface area contributed by atoms with Crippen LogP contribution >= 0.6 is 0 Å². The van der Waals surface area contributed by atoms with E-state index in [0.717, 1.165) is 0 Å². The van der Waals surface area contributed by atoms with Crippen LogP contribution in [0.3, 0.4) is 0 Å². The summed E-state index contributed by atoms with van der Waals surface area (Å²) in [6.45, 7) is 12.3. The Labute approximate surface area is 70.3 Å². The Bertz CT molecular complexity index is 180. The first-order valence-electron chi connectivity index (χ1n) is 3.97. The van der Waals surface area contributed by atoms with Crippen LogP contribution in [0, 0.1) is 5.41 Å². The summed E-state index contributed by atoms with van der Waals surface area (Å²) in [5.41, 5.74) is 1.32. The molecule has 0 amide bonds. The first kappa shape index (κ1) is 10.2. The van der Waals surface area contributed by atoms with Crippen LogP contribution in [0.25, 0.3) is 0 Å². The molecule has 0 saturated heterocycles. The molecular weight excluding hydrogens is 132 g/mol. The van der Waals surface area contributed by atoms with Crippen molar-refractivity contribution in [2.45, 2.75) is 27.7 Å². The zero-order valence-corrected chi connectivity index (χ0v) is 8.02. The number of hydrogen-bond acceptors (Lipinski definition) is 0. The van der Waals surface area contributed by atoms with Gasteiger partial charge in [-0.1, -0.05) is 50.3 Å². The average Bonchev–Trinajstić information content (AvgIpc) is 1.88. The zero-order chi connectivity index (χ0) is 8.91. The maximum atomic E-state index is 3.93. The summed E-state index contributed by atoms with van der Waals surface area (Å²) in [6.07, 6.45) is 8.28. The Balaban J connectivity index is 4.22. The number of allylic oxidation sites excluding steroid dienone is 5. The van der Waals surface area contributed by atoms with Crippen LogP contribution in [0.1, 0.15) is 27.7 Å². The summed E-state index contributed by atoms with van der Waals surface area (Å²) >= 11 is 0. The average molecular weight is 150 g/mol. The number of hydrogen-bond donors (Lipinski definition) is 0. The molecule has 0 saturated carbocycles. The van der Waals surface area contributed by atoms with Crippen LogP contribution in [0.2, 0.25) is 0 Å². The van der Waals surface area contributed by atoms with Gasteiger partial charge in [0.2, 0.25) is 0 Å². The van der Waals surface area contributed by atoms with Crippen molar-refractivity contribution in [3.8, 4) is 0 Å². The van der Waals surface area contributed by atoms with E-state index in [1.165, 1.54) is 5.57 Å². The summed E-state index contributed by atoms with van der Waals surface area (Å²) in [4.78, 5) is 0. The molecule has 0 N–H and O–H groups in total. The van der Waals surface area contributed by atoms with Gasteiger partial charge in [-0.25, -0.2) is 0 Å². The van der Waals surface area contributed by atoms with E-state index in [0.29, 0.717) is 0 Å². The van der Waals surface area contributed by atoms with Gasteiger partial charge in [-0.2, -0.15) is 0 Å². The molecule has 0 rings (SSSR count). The van der Waals surface area contributed by atoms with E-state index >= 15 is 0 Å². The van der Waals surface area contributed by atoms with E-state index in [1.807, 2.05) is 19.1 Å². The molecule has 0 aliphatic heterocycles. The summed E-state index contributed by atoms with van der Waals surface area (Å²) in [5, 5.41) is 0. The Morgan fingerprint density at radius 3 is 2.18 bits per heavy atom. The lowest BCUT2D eigenvalue weighted by atomic mass is 9.86. The van der Waals surface area contributed by atoms with Gasteiger partial charge in [-0.05, 0) is 13.8 Å². The van der Waals surface area contributed by atoms with E-state index in [2.05, 4.69) is 39.5 Å². The minimum Gasteiger partial charge on any atom is -0.0993 e. The molecule has 0 aliphatic carbocycles. The van der Waals surface area contributed by atoms with Gasteiger partial charge in [0.15, 0.2) is 0 Å². The van der Waals surface area contributed by atoms with Gasteiger partial charge in [0.1, 0.15) is 0 Å². The molecule has 0 aromatic rings. The highest BCUT2D eigenvalue weighted by molar-refractivity contribution is 5.17. The maximum Gasteiger partial charge on any atom is 0.00319 e. The minimum atomic E-state index is 0.125. The largest absolute Gasteiger partial charge is 0.0993 e. The Morgan fingerprint density at radius 1 is 1.27 bits per heavy atom. The Hall–Kier alpha value is -0.780. The molecule has 11 heavy (non-hydrogen) atoms. The van der Waals surface area contributed by atoms with Gasteiger partial charge in [-0.3, -0.25) is 0 Å². The van der Waals surface area contributed by atoms with Crippen molar-refractivity contribution in [1.29, 1.82) is 0 Å². The fraction of sp³-hybridized carbons (Fsp3) is 0.455. The van der Waals surface area contributed by atoms with E-state index in [-0.39, 0.29) is 5.41 Å². The Kier molecular flexibility index (Phi) is 3.88. The number of rotatable bonds is 3. The molecule has 0 fully saturated rings. The Morgan fingerprint density at radius 2 is 1.82 bits per heavy atom. The van der Waals surface area contributed by atoms with E-state index in [4.69, 9.17) is 0 Å². The van der Waals surface area contributed by atoms with Crippen molar-refractivity contribution in [2.24, 2.45) is 5.41 Å². The summed E-state index contributed by atoms with van der Waals surface area (Å²) < 4.78 is 0. The van der Waals surface area contributed by atoms with Crippen LogP contribution in [-0.4, -0.2) is 0 Å². The van der Waals surface area contributed by atoms with Crippen molar-refractivity contribution >= 4 is 0 Å². The minimum absolute atomic E-state index is 0.125. The third kappa shape index (κ3) is 3.82. The maximum absolute atomic E-state index is 3.93. The van der Waals surface area contributed by atoms with Crippen LogP contribution in [-0.2, 0) is 0 Å². The molecule has 0 nitrogen and oxygen atoms in total. The molecule has 62 valence electrons. The predicted octanol–water partition coefficient (Wildman–Crippen LogP) is 3.72. The zero-order valence-electron chi connectivity index (χ0n) is 8.02. The fourth-order valence-electron chi connectivity index (χ4n) is 0.549. The van der Waals surface area contributed by atoms with Crippen molar-refractivity contribution in [3.63, 3.8) is 0 Å². The second kappa shape index (κ2) is 4.17. The van der Waals surface area contributed by atoms with Gasteiger partial charge in [-0.15, -0.1) is 0 Å². The SMILES string of the molecule is C=C(C)C(C)(C)/C=C\C=C/C. The molecule has 0 heteroatoms. The first-order valence-corrected chi connectivity index (χ1v) is 3.97. The molecule has 0 aromatic carbocycles. The third-order valence-electron chi connectivity index (χ3n) is 1.92. The smallest absolute Gasteiger partial charge is 0.00319 e. The molecule has 0 bridgehead atoms. The van der Waals surface area contributed by atoms with Crippen molar-refractivity contribution < 1.29 is 0 Å². The highest BCUT2D eigenvalue weighted by atomic mass is 14.2. The van der Waals surface area contributed by atoms with Crippen molar-refractivity contribution in [1.82, 2.24) is 0 Å². The topological polar surface area (TPSA) is 0 Å². The lowest BCUT2D eigenvalue weighted by molar-refractivity contribution is 0.582. The van der Waals surface area contributed by atoms with Crippen LogP contribution in [0.15, 0.2) is 36.5 Å². The second-order valence-electron chi connectivity index (χ2n) is 3.39. The standard InChI is InChI=1S/C11H18/c1-6-7-8-9-11(4,5)10(2)3/h6-9H,2H2,1,3-5H3/b7-6-,9-8-. The summed E-state index contributed by atoms with van der Waals surface area (Å²) in [6, 6.07) is 0. The van der Waals surface area contributed by atoms with Gasteiger partial charge in [0.25, 0.3) is 0 Å². The second-order valence-corrected chi connectivity index (χ2v) is 3.39.